The van der Waals surface area contributed by atoms with Gasteiger partial charge in [0.05, 0.1) is 12.5 Å². The van der Waals surface area contributed by atoms with Crippen LogP contribution in [0.25, 0.3) is 0 Å². The Labute approximate surface area is 175 Å². The van der Waals surface area contributed by atoms with Crippen LogP contribution in [-0.4, -0.2) is 18.4 Å². The second kappa shape index (κ2) is 20.9. The molecule has 0 unspecified atom stereocenters. The van der Waals surface area contributed by atoms with Gasteiger partial charge in [-0.1, -0.05) is 90.9 Å². The molecule has 0 aromatic carbocycles. The second-order valence-corrected chi connectivity index (χ2v) is 8.49. The Balaban J connectivity index is 4.06. The summed E-state index contributed by atoms with van der Waals surface area (Å²) >= 11 is 0. The number of Topliss-reactive ketones (excluding diaryl/α,β-unsaturated/α-hetero) is 1. The van der Waals surface area contributed by atoms with Gasteiger partial charge < -0.3 is 9.53 Å². The normalized spacial score (nSPS) is 11.1. The van der Waals surface area contributed by atoms with Crippen LogP contribution in [0.1, 0.15) is 136 Å². The van der Waals surface area contributed by atoms with E-state index in [2.05, 4.69) is 13.8 Å². The van der Waals surface area contributed by atoms with Gasteiger partial charge in [-0.05, 0) is 39.0 Å². The largest absolute Gasteiger partial charge is 0.465 e. The average Bonchev–Trinajstić information content (AvgIpc) is 2.67. The van der Waals surface area contributed by atoms with E-state index >= 15 is 0 Å². The van der Waals surface area contributed by atoms with Crippen molar-refractivity contribution in [2.75, 3.05) is 6.61 Å². The highest BCUT2D eigenvalue weighted by atomic mass is 16.5. The van der Waals surface area contributed by atoms with Crippen molar-refractivity contribution in [3.05, 3.63) is 0 Å². The van der Waals surface area contributed by atoms with Crippen LogP contribution in [0.4, 0.5) is 0 Å². The van der Waals surface area contributed by atoms with Gasteiger partial charge in [0.25, 0.3) is 0 Å². The molecule has 28 heavy (non-hydrogen) atoms. The van der Waals surface area contributed by atoms with Crippen molar-refractivity contribution in [2.24, 2.45) is 5.92 Å². The van der Waals surface area contributed by atoms with E-state index in [1.165, 1.54) is 64.2 Å². The maximum absolute atomic E-state index is 12.5. The molecule has 0 atom stereocenters. The third-order valence-corrected chi connectivity index (χ3v) is 5.56. The number of rotatable bonds is 21. The van der Waals surface area contributed by atoms with Gasteiger partial charge >= 0.3 is 5.97 Å². The molecule has 0 bridgehead atoms. The van der Waals surface area contributed by atoms with Gasteiger partial charge in [0, 0.05) is 6.42 Å². The minimum Gasteiger partial charge on any atom is -0.465 e. The molecule has 0 aromatic heterocycles. The molecule has 3 heteroatoms. The highest BCUT2D eigenvalue weighted by molar-refractivity contribution is 5.75. The summed E-state index contributed by atoms with van der Waals surface area (Å²) in [4.78, 5) is 23.5. The van der Waals surface area contributed by atoms with Crippen LogP contribution in [0, 0.1) is 5.92 Å². The van der Waals surface area contributed by atoms with E-state index in [9.17, 15) is 9.59 Å². The van der Waals surface area contributed by atoms with Crippen LogP contribution in [-0.2, 0) is 14.3 Å². The lowest BCUT2D eigenvalue weighted by Crippen LogP contribution is -2.18. The van der Waals surface area contributed by atoms with Crippen molar-refractivity contribution >= 4 is 11.8 Å². The first kappa shape index (κ1) is 27.1. The van der Waals surface area contributed by atoms with Crippen molar-refractivity contribution < 1.29 is 14.3 Å². The quantitative estimate of drug-likeness (QED) is 0.147. The van der Waals surface area contributed by atoms with Gasteiger partial charge in [-0.25, -0.2) is 0 Å². The number of esters is 1. The van der Waals surface area contributed by atoms with E-state index in [0.29, 0.717) is 13.0 Å². The van der Waals surface area contributed by atoms with Crippen molar-refractivity contribution in [2.45, 2.75) is 136 Å². The lowest BCUT2D eigenvalue weighted by atomic mass is 9.94. The van der Waals surface area contributed by atoms with Gasteiger partial charge in [0.15, 0.2) is 0 Å². The molecule has 166 valence electrons. The highest BCUT2D eigenvalue weighted by Gasteiger charge is 2.19. The number of ether oxygens (including phenoxy) is 1. The van der Waals surface area contributed by atoms with Gasteiger partial charge in [0.1, 0.15) is 5.78 Å². The van der Waals surface area contributed by atoms with Gasteiger partial charge in [-0.15, -0.1) is 0 Å². The fraction of sp³-hybridized carbons (Fsp3) is 0.920. The van der Waals surface area contributed by atoms with E-state index in [0.717, 1.165) is 44.9 Å². The number of hydrogen-bond acceptors (Lipinski definition) is 3. The van der Waals surface area contributed by atoms with Gasteiger partial charge in [-0.2, -0.15) is 0 Å². The Morgan fingerprint density at radius 2 is 1.11 bits per heavy atom. The second-order valence-electron chi connectivity index (χ2n) is 8.49. The Kier molecular flexibility index (Phi) is 20.2. The molecule has 0 heterocycles. The Morgan fingerprint density at radius 3 is 1.61 bits per heavy atom. The Hall–Kier alpha value is -0.860. The summed E-state index contributed by atoms with van der Waals surface area (Å²) in [6, 6.07) is 0. The van der Waals surface area contributed by atoms with E-state index in [-0.39, 0.29) is 17.7 Å². The summed E-state index contributed by atoms with van der Waals surface area (Å²) in [6.07, 6.45) is 20.6. The summed E-state index contributed by atoms with van der Waals surface area (Å²) in [6.45, 7) is 6.63. The Morgan fingerprint density at radius 1 is 0.643 bits per heavy atom. The molecule has 0 N–H and O–H groups in total. The lowest BCUT2D eigenvalue weighted by Gasteiger charge is -2.16. The van der Waals surface area contributed by atoms with Crippen LogP contribution >= 0.6 is 0 Å². The zero-order valence-electron chi connectivity index (χ0n) is 19.2. The molecule has 0 aliphatic carbocycles. The smallest absolute Gasteiger partial charge is 0.308 e. The maximum Gasteiger partial charge on any atom is 0.308 e. The number of ketones is 1. The third kappa shape index (κ3) is 18.5. The minimum atomic E-state index is 0.0219. The zero-order valence-corrected chi connectivity index (χ0v) is 19.2. The Bertz CT molecular complexity index is 349. The van der Waals surface area contributed by atoms with E-state index in [1.54, 1.807) is 6.92 Å². The topological polar surface area (TPSA) is 43.4 Å². The summed E-state index contributed by atoms with van der Waals surface area (Å²) < 4.78 is 5.58. The van der Waals surface area contributed by atoms with E-state index < -0.39 is 0 Å². The van der Waals surface area contributed by atoms with Gasteiger partial charge in [0.2, 0.25) is 0 Å². The third-order valence-electron chi connectivity index (χ3n) is 5.56. The van der Waals surface area contributed by atoms with Crippen LogP contribution in [0.5, 0.6) is 0 Å². The SMILES string of the molecule is CCCCCCCCC(CCCCCCCC)C(=O)OCCCCCC(C)=O. The van der Waals surface area contributed by atoms with Crippen LogP contribution < -0.4 is 0 Å². The number of carbonyl (C=O) groups is 2. The fourth-order valence-corrected chi connectivity index (χ4v) is 3.67. The molecule has 3 nitrogen and oxygen atoms in total. The maximum atomic E-state index is 12.5. The van der Waals surface area contributed by atoms with Crippen LogP contribution in [0.3, 0.4) is 0 Å². The molecule has 0 saturated heterocycles. The molecule has 0 saturated carbocycles. The molecule has 0 amide bonds. The van der Waals surface area contributed by atoms with Crippen molar-refractivity contribution in [1.82, 2.24) is 0 Å². The molecule has 0 radical (unpaired) electrons. The number of carbonyl (C=O) groups excluding carboxylic acids is 2. The predicted molar refractivity (Wildman–Crippen MR) is 120 cm³/mol. The number of unbranched alkanes of at least 4 members (excludes halogenated alkanes) is 12. The molecule has 0 aromatic rings. The van der Waals surface area contributed by atoms with Crippen LogP contribution in [0.15, 0.2) is 0 Å². The van der Waals surface area contributed by atoms with E-state index in [1.807, 2.05) is 0 Å². The standard InChI is InChI=1S/C25H48O3/c1-4-6-8-10-12-16-20-24(21-17-13-11-9-7-5-2)25(27)28-22-18-14-15-19-23(3)26/h24H,4-22H2,1-3H3. The molecule has 0 aliphatic rings. The van der Waals surface area contributed by atoms with Crippen molar-refractivity contribution in [3.63, 3.8) is 0 Å². The summed E-state index contributed by atoms with van der Waals surface area (Å²) in [5.41, 5.74) is 0. The highest BCUT2D eigenvalue weighted by Crippen LogP contribution is 2.21. The summed E-state index contributed by atoms with van der Waals surface area (Å²) in [5.74, 6) is 0.359. The summed E-state index contributed by atoms with van der Waals surface area (Å²) in [5, 5.41) is 0. The first-order chi connectivity index (χ1) is 13.6. The molecule has 0 aliphatic heterocycles. The molecular weight excluding hydrogens is 348 g/mol. The molecule has 0 spiro atoms. The molecule has 0 fully saturated rings. The minimum absolute atomic E-state index is 0.0219. The van der Waals surface area contributed by atoms with Crippen LogP contribution in [0.2, 0.25) is 0 Å². The lowest BCUT2D eigenvalue weighted by molar-refractivity contribution is -0.149. The molecular formula is C25H48O3. The zero-order chi connectivity index (χ0) is 20.9. The molecule has 0 rings (SSSR count). The average molecular weight is 397 g/mol. The van der Waals surface area contributed by atoms with Gasteiger partial charge in [-0.3, -0.25) is 4.79 Å². The van der Waals surface area contributed by atoms with Crippen molar-refractivity contribution in [3.8, 4) is 0 Å². The monoisotopic (exact) mass is 396 g/mol. The number of hydrogen-bond donors (Lipinski definition) is 0. The predicted octanol–water partition coefficient (Wildman–Crippen LogP) is 7.80. The van der Waals surface area contributed by atoms with E-state index in [4.69, 9.17) is 4.74 Å². The fourth-order valence-electron chi connectivity index (χ4n) is 3.67. The first-order valence-corrected chi connectivity index (χ1v) is 12.3. The van der Waals surface area contributed by atoms with Crippen molar-refractivity contribution in [1.29, 1.82) is 0 Å². The summed E-state index contributed by atoms with van der Waals surface area (Å²) in [7, 11) is 0. The first-order valence-electron chi connectivity index (χ1n) is 12.3.